The number of hydrogen-bond acceptors (Lipinski definition) is 6. The summed E-state index contributed by atoms with van der Waals surface area (Å²) in [5.41, 5.74) is 4.88. The van der Waals surface area contributed by atoms with E-state index in [2.05, 4.69) is 29.4 Å². The Kier molecular flexibility index (Phi) is 7.73. The lowest BCUT2D eigenvalue weighted by Gasteiger charge is -2.26. The van der Waals surface area contributed by atoms with Crippen molar-refractivity contribution in [1.82, 2.24) is 14.7 Å². The van der Waals surface area contributed by atoms with Crippen LogP contribution in [0.4, 0.5) is 0 Å². The topological polar surface area (TPSA) is 98.6 Å². The fourth-order valence-electron chi connectivity index (χ4n) is 4.05. The molecule has 1 aliphatic rings. The van der Waals surface area contributed by atoms with Crippen molar-refractivity contribution >= 4 is 27.8 Å². The third kappa shape index (κ3) is 6.31. The van der Waals surface area contributed by atoms with Gasteiger partial charge in [0, 0.05) is 29.9 Å². The maximum Gasteiger partial charge on any atom is 0.331 e. The van der Waals surface area contributed by atoms with Crippen LogP contribution < -0.4 is 0 Å². The van der Waals surface area contributed by atoms with Gasteiger partial charge in [0.15, 0.2) is 16.4 Å². The van der Waals surface area contributed by atoms with Crippen LogP contribution in [0.25, 0.3) is 6.08 Å². The highest BCUT2D eigenvalue weighted by Crippen LogP contribution is 2.19. The van der Waals surface area contributed by atoms with E-state index in [-0.39, 0.29) is 23.5 Å². The second-order valence-electron chi connectivity index (χ2n) is 8.41. The number of amides is 1. The highest BCUT2D eigenvalue weighted by molar-refractivity contribution is 7.91. The number of likely N-dealkylation sites (N-methyl/N-ethyl adjacent to an activating group) is 1. The average Bonchev–Trinajstić information content (AvgIpc) is 3.25. The monoisotopic (exact) mass is 473 g/mol. The third-order valence-corrected chi connectivity index (χ3v) is 7.67. The molecule has 3 rings (SSSR count). The molecule has 0 saturated carbocycles. The van der Waals surface area contributed by atoms with Gasteiger partial charge >= 0.3 is 5.97 Å². The number of aromatic nitrogens is 2. The van der Waals surface area contributed by atoms with Crippen molar-refractivity contribution in [2.45, 2.75) is 46.7 Å². The Bertz CT molecular complexity index is 1150. The number of aryl methyl sites for hydroxylation is 2. The molecule has 1 aliphatic heterocycles. The first-order chi connectivity index (χ1) is 15.6. The Morgan fingerprint density at radius 1 is 1.21 bits per heavy atom. The van der Waals surface area contributed by atoms with Gasteiger partial charge in [-0.2, -0.15) is 5.10 Å². The van der Waals surface area contributed by atoms with Crippen LogP contribution in [0.15, 0.2) is 30.3 Å². The quantitative estimate of drug-likeness (QED) is 0.431. The molecule has 2 aromatic rings. The zero-order valence-electron chi connectivity index (χ0n) is 19.6. The molecule has 8 nitrogen and oxygen atoms in total. The molecule has 1 aromatic heterocycles. The number of carbonyl (C=O) groups excluding carboxylic acids is 2. The van der Waals surface area contributed by atoms with Gasteiger partial charge in [0.2, 0.25) is 0 Å². The number of benzene rings is 1. The Labute approximate surface area is 195 Å². The third-order valence-electron chi connectivity index (χ3n) is 5.92. The molecule has 178 valence electrons. The first-order valence-corrected chi connectivity index (χ1v) is 12.9. The molecule has 9 heteroatoms. The minimum absolute atomic E-state index is 0.0361. The van der Waals surface area contributed by atoms with Crippen molar-refractivity contribution in [1.29, 1.82) is 0 Å². The van der Waals surface area contributed by atoms with Crippen LogP contribution in [-0.4, -0.2) is 65.7 Å². The van der Waals surface area contributed by atoms with Crippen LogP contribution in [0.2, 0.25) is 0 Å². The molecule has 0 N–H and O–H groups in total. The lowest BCUT2D eigenvalue weighted by Crippen LogP contribution is -2.43. The molecule has 33 heavy (non-hydrogen) atoms. The summed E-state index contributed by atoms with van der Waals surface area (Å²) in [5.74, 6) is -0.977. The van der Waals surface area contributed by atoms with Crippen LogP contribution in [0.5, 0.6) is 0 Å². The summed E-state index contributed by atoms with van der Waals surface area (Å²) in [6, 6.07) is 7.90. The summed E-state index contributed by atoms with van der Waals surface area (Å²) in [6.07, 6.45) is 3.36. The molecule has 0 spiro atoms. The Morgan fingerprint density at radius 3 is 2.52 bits per heavy atom. The molecule has 0 bridgehead atoms. The van der Waals surface area contributed by atoms with Crippen molar-refractivity contribution in [3.8, 4) is 0 Å². The Morgan fingerprint density at radius 2 is 1.91 bits per heavy atom. The standard InChI is InChI=1S/C24H31N3O5S/c1-5-26(21-12-13-33(30,31)16-21)23(28)15-32-24(29)11-10-22-18(3)25-27(19(22)4)14-20-8-6-17(2)7-9-20/h6-11,21H,5,12-16H2,1-4H3. The van der Waals surface area contributed by atoms with E-state index in [9.17, 15) is 18.0 Å². The van der Waals surface area contributed by atoms with E-state index in [1.165, 1.54) is 16.5 Å². The summed E-state index contributed by atoms with van der Waals surface area (Å²) in [6.45, 7) is 8.22. The lowest BCUT2D eigenvalue weighted by molar-refractivity contribution is -0.149. The summed E-state index contributed by atoms with van der Waals surface area (Å²) in [4.78, 5) is 26.2. The number of ether oxygens (including phenoxy) is 1. The zero-order valence-corrected chi connectivity index (χ0v) is 20.4. The van der Waals surface area contributed by atoms with Gasteiger partial charge < -0.3 is 9.64 Å². The molecule has 1 atom stereocenters. The molecule has 1 aromatic carbocycles. The molecule has 1 unspecified atom stereocenters. The van der Waals surface area contributed by atoms with Crippen molar-refractivity contribution in [2.75, 3.05) is 24.7 Å². The molecule has 1 amide bonds. The first-order valence-electron chi connectivity index (χ1n) is 11.0. The predicted molar refractivity (Wildman–Crippen MR) is 126 cm³/mol. The first kappa shape index (κ1) is 24.7. The Hall–Kier alpha value is -2.94. The predicted octanol–water partition coefficient (Wildman–Crippen LogP) is 2.45. The smallest absolute Gasteiger partial charge is 0.331 e. The Balaban J connectivity index is 1.58. The minimum Gasteiger partial charge on any atom is -0.452 e. The maximum absolute atomic E-state index is 12.5. The highest BCUT2D eigenvalue weighted by atomic mass is 32.2. The van der Waals surface area contributed by atoms with Gasteiger partial charge in [0.05, 0.1) is 23.7 Å². The van der Waals surface area contributed by atoms with Gasteiger partial charge in [-0.05, 0) is 45.8 Å². The van der Waals surface area contributed by atoms with Crippen LogP contribution in [0.3, 0.4) is 0 Å². The molecule has 0 aliphatic carbocycles. The second-order valence-corrected chi connectivity index (χ2v) is 10.6. The van der Waals surface area contributed by atoms with E-state index in [4.69, 9.17) is 4.74 Å². The van der Waals surface area contributed by atoms with Crippen molar-refractivity contribution in [3.63, 3.8) is 0 Å². The maximum atomic E-state index is 12.5. The number of hydrogen-bond donors (Lipinski definition) is 0. The average molecular weight is 474 g/mol. The normalized spacial score (nSPS) is 17.4. The molecular weight excluding hydrogens is 442 g/mol. The van der Waals surface area contributed by atoms with Gasteiger partial charge in [0.25, 0.3) is 5.91 Å². The van der Waals surface area contributed by atoms with E-state index in [0.29, 0.717) is 19.5 Å². The lowest BCUT2D eigenvalue weighted by atomic mass is 10.1. The summed E-state index contributed by atoms with van der Waals surface area (Å²) < 4.78 is 30.4. The van der Waals surface area contributed by atoms with Gasteiger partial charge in [-0.15, -0.1) is 0 Å². The molecular formula is C24H31N3O5S. The number of rotatable bonds is 8. The van der Waals surface area contributed by atoms with Crippen LogP contribution in [0.1, 0.15) is 41.4 Å². The highest BCUT2D eigenvalue weighted by Gasteiger charge is 2.34. The fraction of sp³-hybridized carbons (Fsp3) is 0.458. The molecule has 0 radical (unpaired) electrons. The van der Waals surface area contributed by atoms with E-state index in [1.807, 2.05) is 25.5 Å². The van der Waals surface area contributed by atoms with Gasteiger partial charge in [-0.25, -0.2) is 13.2 Å². The number of carbonyl (C=O) groups is 2. The minimum atomic E-state index is -3.10. The van der Waals surface area contributed by atoms with Crippen LogP contribution >= 0.6 is 0 Å². The van der Waals surface area contributed by atoms with E-state index >= 15 is 0 Å². The van der Waals surface area contributed by atoms with Gasteiger partial charge in [-0.1, -0.05) is 29.8 Å². The molecule has 1 fully saturated rings. The zero-order chi connectivity index (χ0) is 24.2. The number of nitrogens with zero attached hydrogens (tertiary/aromatic N) is 3. The van der Waals surface area contributed by atoms with Gasteiger partial charge in [-0.3, -0.25) is 9.48 Å². The number of sulfone groups is 1. The fourth-order valence-corrected chi connectivity index (χ4v) is 5.78. The van der Waals surface area contributed by atoms with Crippen molar-refractivity contribution in [3.05, 3.63) is 58.4 Å². The van der Waals surface area contributed by atoms with Gasteiger partial charge in [0.1, 0.15) is 0 Å². The van der Waals surface area contributed by atoms with E-state index in [1.54, 1.807) is 13.0 Å². The van der Waals surface area contributed by atoms with E-state index in [0.717, 1.165) is 22.5 Å². The van der Waals surface area contributed by atoms with Crippen LogP contribution in [0, 0.1) is 20.8 Å². The summed E-state index contributed by atoms with van der Waals surface area (Å²) >= 11 is 0. The van der Waals surface area contributed by atoms with Crippen molar-refractivity contribution < 1.29 is 22.7 Å². The largest absolute Gasteiger partial charge is 0.452 e. The summed E-state index contributed by atoms with van der Waals surface area (Å²) in [7, 11) is -3.10. The van der Waals surface area contributed by atoms with Crippen LogP contribution in [-0.2, 0) is 30.7 Å². The SMILES string of the molecule is CCN(C(=O)COC(=O)C=Cc1c(C)nn(Cc2ccc(C)cc2)c1C)C1CCS(=O)(=O)C1. The van der Waals surface area contributed by atoms with Crippen molar-refractivity contribution in [2.24, 2.45) is 0 Å². The number of esters is 1. The summed E-state index contributed by atoms with van der Waals surface area (Å²) in [5, 5.41) is 4.57. The molecule has 1 saturated heterocycles. The molecule has 2 heterocycles. The van der Waals surface area contributed by atoms with E-state index < -0.39 is 22.4 Å². The second kappa shape index (κ2) is 10.3.